The Labute approximate surface area is 229 Å². The molecule has 1 aliphatic heterocycles. The number of rotatable bonds is 5. The van der Waals surface area contributed by atoms with E-state index in [0.717, 1.165) is 27.8 Å². The van der Waals surface area contributed by atoms with Crippen LogP contribution in [0, 0.1) is 6.92 Å². The van der Waals surface area contributed by atoms with Crippen LogP contribution in [-0.4, -0.2) is 45.5 Å². The molecule has 2 aromatic heterocycles. The van der Waals surface area contributed by atoms with E-state index in [1.54, 1.807) is 4.40 Å². The van der Waals surface area contributed by atoms with Crippen LogP contribution >= 0.6 is 23.2 Å². The minimum Gasteiger partial charge on any atom is -0.378 e. The molecule has 3 heterocycles. The third kappa shape index (κ3) is 4.69. The molecule has 0 atom stereocenters. The molecule has 5 aromatic rings. The predicted octanol–water partition coefficient (Wildman–Crippen LogP) is 5.73. The van der Waals surface area contributed by atoms with Crippen molar-refractivity contribution < 1.29 is 4.74 Å². The van der Waals surface area contributed by atoms with Crippen LogP contribution in [0.25, 0.3) is 28.0 Å². The number of anilines is 1. The van der Waals surface area contributed by atoms with Gasteiger partial charge in [0, 0.05) is 28.7 Å². The Morgan fingerprint density at radius 1 is 0.842 bits per heavy atom. The van der Waals surface area contributed by atoms with Gasteiger partial charge in [0.2, 0.25) is 5.95 Å². The second-order valence-corrected chi connectivity index (χ2v) is 10.2. The summed E-state index contributed by atoms with van der Waals surface area (Å²) in [6.45, 7) is 4.75. The number of morpholine rings is 1. The van der Waals surface area contributed by atoms with Crippen molar-refractivity contribution in [3.63, 3.8) is 0 Å². The molecule has 0 unspecified atom stereocenters. The van der Waals surface area contributed by atoms with Crippen molar-refractivity contribution in [2.24, 2.45) is 0 Å². The molecule has 3 aromatic carbocycles. The third-order valence-electron chi connectivity index (χ3n) is 6.71. The minimum absolute atomic E-state index is 0.243. The average Bonchev–Trinajstić information content (AvgIpc) is 3.26. The van der Waals surface area contributed by atoms with Crippen LogP contribution in [-0.2, 0) is 11.3 Å². The lowest BCUT2D eigenvalue weighted by molar-refractivity contribution is 0.122. The van der Waals surface area contributed by atoms with Gasteiger partial charge in [-0.05, 0) is 42.3 Å². The lowest BCUT2D eigenvalue weighted by atomic mass is 10.00. The van der Waals surface area contributed by atoms with E-state index >= 15 is 0 Å². The summed E-state index contributed by atoms with van der Waals surface area (Å²) < 4.78 is 8.72. The van der Waals surface area contributed by atoms with Crippen molar-refractivity contribution in [1.29, 1.82) is 0 Å². The number of hydrogen-bond acceptors (Lipinski definition) is 5. The summed E-state index contributed by atoms with van der Waals surface area (Å²) in [4.78, 5) is 21.1. The van der Waals surface area contributed by atoms with Gasteiger partial charge in [0.05, 0.1) is 31.0 Å². The largest absolute Gasteiger partial charge is 0.378 e. The van der Waals surface area contributed by atoms with Gasteiger partial charge in [-0.15, -0.1) is 5.10 Å². The normalized spacial score (nSPS) is 13.8. The first-order valence-electron chi connectivity index (χ1n) is 12.4. The van der Waals surface area contributed by atoms with E-state index in [1.807, 2.05) is 79.7 Å². The highest BCUT2D eigenvalue weighted by molar-refractivity contribution is 6.31. The standard InChI is InChI=1S/C29H25Cl2N5O2/c1-19-2-4-20(5-3-19)18-35-29(37)36-27(33-35)25(21-6-10-23(30)11-7-21)26(22-8-12-24(31)13-9-22)32-28(36)34-14-16-38-17-15-34/h2-13H,14-18H2,1H3. The number of benzene rings is 3. The number of aryl methyl sites for hydroxylation is 1. The van der Waals surface area contributed by atoms with Gasteiger partial charge < -0.3 is 9.64 Å². The topological polar surface area (TPSA) is 64.7 Å². The SMILES string of the molecule is Cc1ccc(Cn2nc3c(-c4ccc(Cl)cc4)c(-c4ccc(Cl)cc4)nc(N4CCOCC4)n3c2=O)cc1. The third-order valence-corrected chi connectivity index (χ3v) is 7.21. The van der Waals surface area contributed by atoms with Gasteiger partial charge >= 0.3 is 5.69 Å². The van der Waals surface area contributed by atoms with Crippen molar-refractivity contribution in [1.82, 2.24) is 19.2 Å². The fraction of sp³-hybridized carbons (Fsp3) is 0.207. The first-order valence-corrected chi connectivity index (χ1v) is 13.2. The maximum Gasteiger partial charge on any atom is 0.353 e. The second kappa shape index (κ2) is 10.3. The molecule has 7 nitrogen and oxygen atoms in total. The zero-order valence-electron chi connectivity index (χ0n) is 20.8. The van der Waals surface area contributed by atoms with Crippen LogP contribution in [0.5, 0.6) is 0 Å². The van der Waals surface area contributed by atoms with Crippen LogP contribution in [0.1, 0.15) is 11.1 Å². The van der Waals surface area contributed by atoms with E-state index in [0.29, 0.717) is 60.2 Å². The maximum absolute atomic E-state index is 13.9. The number of fused-ring (bicyclic) bond motifs is 1. The molecule has 1 aliphatic rings. The Morgan fingerprint density at radius 2 is 1.45 bits per heavy atom. The van der Waals surface area contributed by atoms with E-state index in [-0.39, 0.29) is 5.69 Å². The monoisotopic (exact) mass is 545 g/mol. The lowest BCUT2D eigenvalue weighted by Gasteiger charge is -2.28. The number of ether oxygens (including phenoxy) is 1. The summed E-state index contributed by atoms with van der Waals surface area (Å²) in [6.07, 6.45) is 0. The molecule has 0 aliphatic carbocycles. The second-order valence-electron chi connectivity index (χ2n) is 9.33. The Morgan fingerprint density at radius 3 is 2.08 bits per heavy atom. The molecule has 1 fully saturated rings. The fourth-order valence-electron chi connectivity index (χ4n) is 4.71. The first kappa shape index (κ1) is 24.7. The molecular formula is C29H25Cl2N5O2. The Balaban J connectivity index is 1.65. The van der Waals surface area contributed by atoms with Gasteiger partial charge in [0.1, 0.15) is 0 Å². The van der Waals surface area contributed by atoms with E-state index in [2.05, 4.69) is 4.90 Å². The van der Waals surface area contributed by atoms with Gasteiger partial charge in [-0.3, -0.25) is 0 Å². The Hall–Kier alpha value is -3.65. The lowest BCUT2D eigenvalue weighted by Crippen LogP contribution is -2.39. The number of hydrogen-bond donors (Lipinski definition) is 0. The number of aromatic nitrogens is 4. The van der Waals surface area contributed by atoms with E-state index in [1.165, 1.54) is 4.68 Å². The van der Waals surface area contributed by atoms with Crippen LogP contribution in [0.2, 0.25) is 10.0 Å². The Bertz CT molecular complexity index is 1650. The highest BCUT2D eigenvalue weighted by atomic mass is 35.5. The summed E-state index contributed by atoms with van der Waals surface area (Å²) in [6, 6.07) is 23.2. The van der Waals surface area contributed by atoms with E-state index in [4.69, 9.17) is 38.0 Å². The van der Waals surface area contributed by atoms with Crippen molar-refractivity contribution in [3.05, 3.63) is 104 Å². The highest BCUT2D eigenvalue weighted by Crippen LogP contribution is 2.36. The molecular weight excluding hydrogens is 521 g/mol. The van der Waals surface area contributed by atoms with E-state index in [9.17, 15) is 4.79 Å². The summed E-state index contributed by atoms with van der Waals surface area (Å²) in [7, 11) is 0. The molecule has 9 heteroatoms. The van der Waals surface area contributed by atoms with Gasteiger partial charge in [0.25, 0.3) is 0 Å². The van der Waals surface area contributed by atoms with Crippen molar-refractivity contribution in [2.45, 2.75) is 13.5 Å². The smallest absolute Gasteiger partial charge is 0.353 e. The summed E-state index contributed by atoms with van der Waals surface area (Å²) >= 11 is 12.4. The van der Waals surface area contributed by atoms with Crippen LogP contribution in [0.4, 0.5) is 5.95 Å². The fourth-order valence-corrected chi connectivity index (χ4v) is 4.96. The summed E-state index contributed by atoms with van der Waals surface area (Å²) in [5.41, 5.74) is 5.64. The molecule has 0 saturated carbocycles. The Kier molecular flexibility index (Phi) is 6.66. The number of nitrogens with zero attached hydrogens (tertiary/aromatic N) is 5. The molecule has 0 amide bonds. The molecule has 0 spiro atoms. The first-order chi connectivity index (χ1) is 18.5. The molecule has 0 radical (unpaired) electrons. The van der Waals surface area contributed by atoms with Crippen LogP contribution in [0.3, 0.4) is 0 Å². The van der Waals surface area contributed by atoms with Crippen molar-refractivity contribution in [3.8, 4) is 22.4 Å². The zero-order valence-corrected chi connectivity index (χ0v) is 22.3. The molecule has 0 N–H and O–H groups in total. The minimum atomic E-state index is -0.243. The summed E-state index contributed by atoms with van der Waals surface area (Å²) in [5.74, 6) is 0.547. The predicted molar refractivity (Wildman–Crippen MR) is 151 cm³/mol. The van der Waals surface area contributed by atoms with E-state index < -0.39 is 0 Å². The maximum atomic E-state index is 13.9. The van der Waals surface area contributed by atoms with Gasteiger partial charge in [-0.1, -0.05) is 77.3 Å². The highest BCUT2D eigenvalue weighted by Gasteiger charge is 2.26. The quantitative estimate of drug-likeness (QED) is 0.282. The number of halogens is 2. The van der Waals surface area contributed by atoms with Crippen molar-refractivity contribution >= 4 is 34.8 Å². The molecule has 38 heavy (non-hydrogen) atoms. The average molecular weight is 546 g/mol. The molecule has 6 rings (SSSR count). The van der Waals surface area contributed by atoms with Crippen LogP contribution < -0.4 is 10.6 Å². The zero-order chi connectivity index (χ0) is 26.2. The summed E-state index contributed by atoms with van der Waals surface area (Å²) in [5, 5.41) is 6.16. The van der Waals surface area contributed by atoms with Gasteiger partial charge in [-0.2, -0.15) is 0 Å². The van der Waals surface area contributed by atoms with Gasteiger partial charge in [0.15, 0.2) is 5.65 Å². The molecule has 0 bridgehead atoms. The molecule has 192 valence electrons. The van der Waals surface area contributed by atoms with Crippen molar-refractivity contribution in [2.75, 3.05) is 31.2 Å². The van der Waals surface area contributed by atoms with Crippen LogP contribution in [0.15, 0.2) is 77.6 Å². The van der Waals surface area contributed by atoms with Gasteiger partial charge in [-0.25, -0.2) is 18.9 Å². The molecule has 1 saturated heterocycles.